The highest BCUT2D eigenvalue weighted by molar-refractivity contribution is 5.66. The van der Waals surface area contributed by atoms with Crippen molar-refractivity contribution in [1.82, 2.24) is 0 Å². The number of hydrogen-bond donors (Lipinski definition) is 0. The summed E-state index contributed by atoms with van der Waals surface area (Å²) in [6, 6.07) is 0. The number of rotatable bonds is 4. The Kier molecular flexibility index (Phi) is 6.63. The van der Waals surface area contributed by atoms with E-state index in [2.05, 4.69) is 17.9 Å². The van der Waals surface area contributed by atoms with Crippen molar-refractivity contribution >= 4 is 5.97 Å². The summed E-state index contributed by atoms with van der Waals surface area (Å²) in [5, 5.41) is 0. The van der Waals surface area contributed by atoms with E-state index < -0.39 is 0 Å². The summed E-state index contributed by atoms with van der Waals surface area (Å²) in [5.41, 5.74) is 0. The van der Waals surface area contributed by atoms with Crippen LogP contribution in [0.5, 0.6) is 0 Å². The summed E-state index contributed by atoms with van der Waals surface area (Å²) < 4.78 is 13.8. The van der Waals surface area contributed by atoms with E-state index in [1.165, 1.54) is 13.2 Å². The average molecular weight is 186 g/mol. The molecule has 4 heteroatoms. The highest BCUT2D eigenvalue weighted by atomic mass is 16.6. The molecule has 74 valence electrons. The van der Waals surface area contributed by atoms with Gasteiger partial charge in [-0.15, -0.1) is 0 Å². The second kappa shape index (κ2) is 7.36. The van der Waals surface area contributed by atoms with Crippen molar-refractivity contribution in [3.05, 3.63) is 25.7 Å². The van der Waals surface area contributed by atoms with E-state index >= 15 is 0 Å². The molecule has 0 aromatic heterocycles. The Morgan fingerprint density at radius 3 is 2.46 bits per heavy atom. The van der Waals surface area contributed by atoms with Crippen LogP contribution in [0.4, 0.5) is 0 Å². The monoisotopic (exact) mass is 186 g/mol. The van der Waals surface area contributed by atoms with Gasteiger partial charge in [0, 0.05) is 6.92 Å². The Hall–Kier alpha value is -1.29. The van der Waals surface area contributed by atoms with E-state index in [-0.39, 0.29) is 5.97 Å². The predicted molar refractivity (Wildman–Crippen MR) is 47.9 cm³/mol. The fraction of sp³-hybridized carbons (Fsp3) is 0.444. The molecule has 0 spiro atoms. The van der Waals surface area contributed by atoms with E-state index in [9.17, 15) is 4.79 Å². The van der Waals surface area contributed by atoms with Crippen LogP contribution in [0.2, 0.25) is 0 Å². The largest absolute Gasteiger partial charge is 0.499 e. The minimum Gasteiger partial charge on any atom is -0.499 e. The molecule has 1 aliphatic heterocycles. The molecular formula is C9H14O4. The molecule has 0 aromatic carbocycles. The first kappa shape index (κ1) is 11.7. The van der Waals surface area contributed by atoms with Gasteiger partial charge in [0.05, 0.1) is 19.1 Å². The van der Waals surface area contributed by atoms with Gasteiger partial charge in [-0.1, -0.05) is 13.2 Å². The van der Waals surface area contributed by atoms with Crippen LogP contribution >= 0.6 is 0 Å². The van der Waals surface area contributed by atoms with Crippen molar-refractivity contribution in [2.75, 3.05) is 13.2 Å². The maximum Gasteiger partial charge on any atom is 0.307 e. The van der Waals surface area contributed by atoms with Gasteiger partial charge in [-0.25, -0.2) is 0 Å². The normalized spacial score (nSPS) is 17.5. The van der Waals surface area contributed by atoms with E-state index in [1.54, 1.807) is 0 Å². The highest BCUT2D eigenvalue weighted by Gasteiger charge is 2.21. The third-order valence-corrected chi connectivity index (χ3v) is 1.05. The molecule has 1 fully saturated rings. The lowest BCUT2D eigenvalue weighted by atomic mass is 10.5. The molecule has 1 saturated heterocycles. The molecule has 4 nitrogen and oxygen atoms in total. The maximum absolute atomic E-state index is 9.75. The lowest BCUT2D eigenvalue weighted by Gasteiger charge is -1.90. The van der Waals surface area contributed by atoms with Crippen LogP contribution in [-0.4, -0.2) is 25.3 Å². The topological polar surface area (TPSA) is 48.1 Å². The summed E-state index contributed by atoms with van der Waals surface area (Å²) in [6.45, 7) is 9.39. The number of carbonyl (C=O) groups is 1. The summed E-state index contributed by atoms with van der Waals surface area (Å²) in [7, 11) is 0. The lowest BCUT2D eigenvalue weighted by molar-refractivity contribution is -0.135. The van der Waals surface area contributed by atoms with Gasteiger partial charge in [0.1, 0.15) is 12.7 Å². The minimum atomic E-state index is -0.329. The Bertz CT molecular complexity index is 172. The number of esters is 1. The molecule has 0 saturated carbocycles. The van der Waals surface area contributed by atoms with Crippen LogP contribution in [0.25, 0.3) is 0 Å². The first-order valence-corrected chi connectivity index (χ1v) is 3.83. The smallest absolute Gasteiger partial charge is 0.307 e. The second-order valence-electron chi connectivity index (χ2n) is 2.23. The molecule has 0 aliphatic carbocycles. The second-order valence-corrected chi connectivity index (χ2v) is 2.23. The summed E-state index contributed by atoms with van der Waals surface area (Å²) in [6.07, 6.45) is 2.89. The van der Waals surface area contributed by atoms with Gasteiger partial charge in [-0.3, -0.25) is 4.79 Å². The SMILES string of the molecule is C=COC(C)=O.C=COCC1CO1. The van der Waals surface area contributed by atoms with Crippen molar-refractivity contribution < 1.29 is 19.0 Å². The molecule has 1 unspecified atom stereocenters. The zero-order chi connectivity index (χ0) is 10.1. The molecule has 0 bridgehead atoms. The summed E-state index contributed by atoms with van der Waals surface area (Å²) in [4.78, 5) is 9.75. The van der Waals surface area contributed by atoms with Gasteiger partial charge in [-0.2, -0.15) is 0 Å². The Labute approximate surface area is 77.8 Å². The van der Waals surface area contributed by atoms with E-state index in [1.807, 2.05) is 0 Å². The van der Waals surface area contributed by atoms with Gasteiger partial charge in [0.25, 0.3) is 0 Å². The van der Waals surface area contributed by atoms with Gasteiger partial charge in [0.2, 0.25) is 0 Å². The van der Waals surface area contributed by atoms with Crippen molar-refractivity contribution in [3.63, 3.8) is 0 Å². The summed E-state index contributed by atoms with van der Waals surface area (Å²) in [5.74, 6) is -0.329. The Morgan fingerprint density at radius 2 is 2.23 bits per heavy atom. The van der Waals surface area contributed by atoms with Crippen LogP contribution in [-0.2, 0) is 19.0 Å². The number of ether oxygens (including phenoxy) is 3. The molecule has 0 N–H and O–H groups in total. The zero-order valence-corrected chi connectivity index (χ0v) is 7.69. The third kappa shape index (κ3) is 10.7. The van der Waals surface area contributed by atoms with Crippen LogP contribution in [0.15, 0.2) is 25.7 Å². The van der Waals surface area contributed by atoms with Crippen LogP contribution < -0.4 is 0 Å². The molecule has 1 aliphatic rings. The van der Waals surface area contributed by atoms with Crippen LogP contribution in [0, 0.1) is 0 Å². The number of carbonyl (C=O) groups excluding carboxylic acids is 1. The Balaban J connectivity index is 0.000000226. The number of epoxide rings is 1. The van der Waals surface area contributed by atoms with Crippen molar-refractivity contribution in [2.24, 2.45) is 0 Å². The fourth-order valence-corrected chi connectivity index (χ4v) is 0.457. The van der Waals surface area contributed by atoms with Gasteiger partial charge < -0.3 is 14.2 Å². The molecule has 1 heterocycles. The molecular weight excluding hydrogens is 172 g/mol. The Morgan fingerprint density at radius 1 is 1.62 bits per heavy atom. The molecule has 1 atom stereocenters. The minimum absolute atomic E-state index is 0.329. The number of hydrogen-bond acceptors (Lipinski definition) is 4. The van der Waals surface area contributed by atoms with E-state index in [0.29, 0.717) is 12.7 Å². The van der Waals surface area contributed by atoms with Gasteiger partial charge in [-0.05, 0) is 0 Å². The molecule has 0 radical (unpaired) electrons. The molecule has 1 rings (SSSR count). The zero-order valence-electron chi connectivity index (χ0n) is 7.69. The van der Waals surface area contributed by atoms with Gasteiger partial charge in [0.15, 0.2) is 0 Å². The lowest BCUT2D eigenvalue weighted by Crippen LogP contribution is -1.94. The maximum atomic E-state index is 9.75. The van der Waals surface area contributed by atoms with Crippen molar-refractivity contribution in [3.8, 4) is 0 Å². The first-order chi connectivity index (χ1) is 6.20. The molecule has 0 aromatic rings. The van der Waals surface area contributed by atoms with Crippen LogP contribution in [0.1, 0.15) is 6.92 Å². The third-order valence-electron chi connectivity index (χ3n) is 1.05. The standard InChI is InChI=1S/C5H8O2.C4H6O2/c1-2-6-3-5-4-7-5;1-3-6-4(2)5/h2,5H,1,3-4H2;3H,1H2,2H3. The predicted octanol–water partition coefficient (Wildman–Crippen LogP) is 1.24. The highest BCUT2D eigenvalue weighted by Crippen LogP contribution is 2.07. The first-order valence-electron chi connectivity index (χ1n) is 3.83. The van der Waals surface area contributed by atoms with Crippen molar-refractivity contribution in [2.45, 2.75) is 13.0 Å². The van der Waals surface area contributed by atoms with Gasteiger partial charge >= 0.3 is 5.97 Å². The molecule has 0 amide bonds. The van der Waals surface area contributed by atoms with Crippen molar-refractivity contribution in [1.29, 1.82) is 0 Å². The quantitative estimate of drug-likeness (QED) is 0.376. The van der Waals surface area contributed by atoms with E-state index in [4.69, 9.17) is 9.47 Å². The fourth-order valence-electron chi connectivity index (χ4n) is 0.457. The summed E-state index contributed by atoms with van der Waals surface area (Å²) >= 11 is 0. The average Bonchev–Trinajstić information content (AvgIpc) is 2.85. The van der Waals surface area contributed by atoms with E-state index in [0.717, 1.165) is 12.9 Å². The molecule has 13 heavy (non-hydrogen) atoms. The van der Waals surface area contributed by atoms with Crippen LogP contribution in [0.3, 0.4) is 0 Å².